The van der Waals surface area contributed by atoms with E-state index in [-0.39, 0.29) is 17.9 Å². The molecule has 0 radical (unpaired) electrons. The molecule has 2 amide bonds. The van der Waals surface area contributed by atoms with Crippen LogP contribution in [0.3, 0.4) is 0 Å². The summed E-state index contributed by atoms with van der Waals surface area (Å²) >= 11 is 2.52. The number of carbonyl (C=O) groups excluding carboxylic acids is 2. The maximum Gasteiger partial charge on any atom is 0.416 e. The summed E-state index contributed by atoms with van der Waals surface area (Å²) in [6, 6.07) is 5.23. The van der Waals surface area contributed by atoms with E-state index in [1.165, 1.54) is 17.4 Å². The van der Waals surface area contributed by atoms with Gasteiger partial charge >= 0.3 is 6.18 Å². The minimum absolute atomic E-state index is 0.0476. The molecule has 4 heterocycles. The summed E-state index contributed by atoms with van der Waals surface area (Å²) in [6.07, 6.45) is -4.44. The molecule has 5 rings (SSSR count). The Balaban J connectivity index is 1.18. The molecule has 2 fully saturated rings. The Morgan fingerprint density at radius 2 is 1.80 bits per heavy atom. The van der Waals surface area contributed by atoms with Gasteiger partial charge in [-0.05, 0) is 19.1 Å². The maximum absolute atomic E-state index is 13.1. The summed E-state index contributed by atoms with van der Waals surface area (Å²) in [4.78, 5) is 40.3. The summed E-state index contributed by atoms with van der Waals surface area (Å²) in [5.74, 6) is -0.194. The van der Waals surface area contributed by atoms with Crippen LogP contribution in [0.2, 0.25) is 0 Å². The zero-order chi connectivity index (χ0) is 24.7. The number of alkyl halides is 3. The average Bonchev–Trinajstić information content (AvgIpc) is 3.48. The molecular weight excluding hydrogens is 499 g/mol. The van der Waals surface area contributed by atoms with E-state index in [2.05, 4.69) is 14.9 Å². The lowest BCUT2D eigenvalue weighted by Gasteiger charge is -2.48. The number of aromatic nitrogens is 2. The highest BCUT2D eigenvalue weighted by atomic mass is 32.1. The molecule has 0 spiro atoms. The molecular formula is C23H22F3N5O2S2. The SMILES string of the molecule is Cc1nc(-c2cccc(C(F)(F)F)c2)sc1C(=O)N1CC(N2CCN(C(=O)c3cscn3)CC2)C1. The maximum atomic E-state index is 13.1. The predicted molar refractivity (Wildman–Crippen MR) is 127 cm³/mol. The third-order valence-corrected chi connectivity index (χ3v) is 8.13. The number of thiazole rings is 2. The molecule has 0 unspecified atom stereocenters. The van der Waals surface area contributed by atoms with E-state index in [9.17, 15) is 22.8 Å². The number of hydrogen-bond donors (Lipinski definition) is 0. The molecule has 35 heavy (non-hydrogen) atoms. The highest BCUT2D eigenvalue weighted by molar-refractivity contribution is 7.17. The van der Waals surface area contributed by atoms with Crippen LogP contribution >= 0.6 is 22.7 Å². The fourth-order valence-electron chi connectivity index (χ4n) is 4.31. The van der Waals surface area contributed by atoms with Gasteiger partial charge in [-0.25, -0.2) is 9.97 Å². The molecule has 0 aliphatic carbocycles. The number of carbonyl (C=O) groups is 2. The number of hydrogen-bond acceptors (Lipinski definition) is 7. The second kappa shape index (κ2) is 9.32. The quantitative estimate of drug-likeness (QED) is 0.521. The summed E-state index contributed by atoms with van der Waals surface area (Å²) in [5, 5.41) is 2.15. The number of aryl methyl sites for hydroxylation is 1. The molecule has 0 bridgehead atoms. The molecule has 184 valence electrons. The average molecular weight is 522 g/mol. The fraction of sp³-hybridized carbons (Fsp3) is 0.391. The number of nitrogens with zero attached hydrogens (tertiary/aromatic N) is 5. The van der Waals surface area contributed by atoms with Crippen LogP contribution in [0.4, 0.5) is 13.2 Å². The van der Waals surface area contributed by atoms with Gasteiger partial charge in [0.1, 0.15) is 15.6 Å². The number of amides is 2. The lowest BCUT2D eigenvalue weighted by molar-refractivity contribution is -0.137. The monoisotopic (exact) mass is 521 g/mol. The third-order valence-electron chi connectivity index (χ3n) is 6.35. The molecule has 12 heteroatoms. The largest absolute Gasteiger partial charge is 0.416 e. The van der Waals surface area contributed by atoms with Crippen molar-refractivity contribution in [2.45, 2.75) is 19.1 Å². The van der Waals surface area contributed by atoms with Gasteiger partial charge in [0.2, 0.25) is 0 Å². The number of rotatable bonds is 4. The van der Waals surface area contributed by atoms with Crippen LogP contribution in [0.15, 0.2) is 35.2 Å². The van der Waals surface area contributed by atoms with Crippen LogP contribution in [0.1, 0.15) is 31.4 Å². The third kappa shape index (κ3) is 4.82. The minimum atomic E-state index is -4.44. The van der Waals surface area contributed by atoms with Crippen molar-refractivity contribution in [3.8, 4) is 10.6 Å². The molecule has 2 aromatic heterocycles. The van der Waals surface area contributed by atoms with Gasteiger partial charge < -0.3 is 9.80 Å². The first-order valence-electron chi connectivity index (χ1n) is 11.1. The van der Waals surface area contributed by atoms with Crippen LogP contribution in [-0.2, 0) is 6.18 Å². The van der Waals surface area contributed by atoms with Gasteiger partial charge in [0, 0.05) is 56.3 Å². The van der Waals surface area contributed by atoms with E-state index in [4.69, 9.17) is 0 Å². The number of piperazine rings is 1. The molecule has 2 saturated heterocycles. The summed E-state index contributed by atoms with van der Waals surface area (Å²) in [5.41, 5.74) is 2.25. The van der Waals surface area contributed by atoms with Crippen molar-refractivity contribution in [3.63, 3.8) is 0 Å². The Kier molecular flexibility index (Phi) is 6.36. The second-order valence-corrected chi connectivity index (χ2v) is 10.3. The molecule has 2 aliphatic heterocycles. The molecule has 7 nitrogen and oxygen atoms in total. The van der Waals surface area contributed by atoms with Gasteiger partial charge in [0.05, 0.1) is 16.8 Å². The Labute approximate surface area is 207 Å². The van der Waals surface area contributed by atoms with Crippen molar-refractivity contribution in [1.82, 2.24) is 24.7 Å². The Hall–Kier alpha value is -2.83. The lowest BCUT2D eigenvalue weighted by atomic mass is 10.1. The smallest absolute Gasteiger partial charge is 0.335 e. The Morgan fingerprint density at radius 3 is 2.46 bits per heavy atom. The van der Waals surface area contributed by atoms with Crippen LogP contribution in [-0.4, -0.2) is 81.8 Å². The van der Waals surface area contributed by atoms with E-state index < -0.39 is 11.7 Å². The van der Waals surface area contributed by atoms with Gasteiger partial charge in [0.15, 0.2) is 0 Å². The number of benzene rings is 1. The van der Waals surface area contributed by atoms with Crippen LogP contribution in [0, 0.1) is 6.92 Å². The summed E-state index contributed by atoms with van der Waals surface area (Å²) in [6.45, 7) is 5.58. The minimum Gasteiger partial charge on any atom is -0.335 e. The normalized spacial score (nSPS) is 17.5. The number of halogens is 3. The zero-order valence-electron chi connectivity index (χ0n) is 18.8. The van der Waals surface area contributed by atoms with E-state index in [0.717, 1.165) is 36.6 Å². The zero-order valence-corrected chi connectivity index (χ0v) is 20.4. The molecule has 0 N–H and O–H groups in total. The molecule has 2 aliphatic rings. The van der Waals surface area contributed by atoms with Gasteiger partial charge in [-0.15, -0.1) is 22.7 Å². The summed E-state index contributed by atoms with van der Waals surface area (Å²) in [7, 11) is 0. The van der Waals surface area contributed by atoms with Crippen LogP contribution in [0.5, 0.6) is 0 Å². The first-order valence-corrected chi connectivity index (χ1v) is 12.8. The van der Waals surface area contributed by atoms with E-state index in [1.54, 1.807) is 28.8 Å². The molecule has 3 aromatic rings. The molecule has 0 atom stereocenters. The van der Waals surface area contributed by atoms with E-state index in [1.807, 2.05) is 4.90 Å². The first-order chi connectivity index (χ1) is 16.7. The van der Waals surface area contributed by atoms with Crippen LogP contribution < -0.4 is 0 Å². The topological polar surface area (TPSA) is 69.6 Å². The first kappa shape index (κ1) is 23.9. The van der Waals surface area contributed by atoms with Crippen molar-refractivity contribution in [1.29, 1.82) is 0 Å². The van der Waals surface area contributed by atoms with Crippen LogP contribution in [0.25, 0.3) is 10.6 Å². The predicted octanol–water partition coefficient (Wildman–Crippen LogP) is 3.88. The van der Waals surface area contributed by atoms with Crippen molar-refractivity contribution >= 4 is 34.5 Å². The van der Waals surface area contributed by atoms with Crippen molar-refractivity contribution in [2.24, 2.45) is 0 Å². The van der Waals surface area contributed by atoms with Crippen molar-refractivity contribution < 1.29 is 22.8 Å². The van der Waals surface area contributed by atoms with Gasteiger partial charge in [-0.3, -0.25) is 14.5 Å². The van der Waals surface area contributed by atoms with E-state index >= 15 is 0 Å². The Morgan fingerprint density at radius 1 is 1.06 bits per heavy atom. The highest BCUT2D eigenvalue weighted by Gasteiger charge is 2.38. The second-order valence-electron chi connectivity index (χ2n) is 8.58. The highest BCUT2D eigenvalue weighted by Crippen LogP contribution is 2.35. The Bertz CT molecular complexity index is 1230. The van der Waals surface area contributed by atoms with Crippen molar-refractivity contribution in [2.75, 3.05) is 39.3 Å². The molecule has 0 saturated carbocycles. The molecule has 1 aromatic carbocycles. The van der Waals surface area contributed by atoms with Gasteiger partial charge in [0.25, 0.3) is 11.8 Å². The van der Waals surface area contributed by atoms with Gasteiger partial charge in [-0.1, -0.05) is 12.1 Å². The van der Waals surface area contributed by atoms with Crippen molar-refractivity contribution in [3.05, 3.63) is 57.0 Å². The standard InChI is InChI=1S/C23H22F3N5O2S2/c1-14-19(35-20(28-14)15-3-2-4-16(9-15)23(24,25)26)22(33)31-10-17(11-31)29-5-7-30(8-6-29)21(32)18-12-34-13-27-18/h2-4,9,12-13,17H,5-8,10-11H2,1H3. The summed E-state index contributed by atoms with van der Waals surface area (Å²) < 4.78 is 39.2. The fourth-order valence-corrected chi connectivity index (χ4v) is 5.87. The van der Waals surface area contributed by atoms with E-state index in [0.29, 0.717) is 53.0 Å². The lowest BCUT2D eigenvalue weighted by Crippen LogP contribution is -2.64. The van der Waals surface area contributed by atoms with Gasteiger partial charge in [-0.2, -0.15) is 13.2 Å². The number of likely N-dealkylation sites (tertiary alicyclic amines) is 1.